The van der Waals surface area contributed by atoms with Gasteiger partial charge in [-0.1, -0.05) is 32.8 Å². The van der Waals surface area contributed by atoms with Crippen LogP contribution in [0.15, 0.2) is 18.2 Å². The van der Waals surface area contributed by atoms with Crippen molar-refractivity contribution in [3.05, 3.63) is 23.8 Å². The molecule has 0 saturated heterocycles. The molecular weight excluding hydrogens is 290 g/mol. The topological polar surface area (TPSA) is 41.9 Å². The Labute approximate surface area is 139 Å². The molecule has 3 atom stereocenters. The maximum atomic E-state index is 9.26. The molecule has 1 N–H and O–H groups in total. The molecule has 1 heterocycles. The highest BCUT2D eigenvalue weighted by Crippen LogP contribution is 2.36. The summed E-state index contributed by atoms with van der Waals surface area (Å²) in [5.41, 5.74) is 1.26. The number of hydrogen-bond acceptors (Lipinski definition) is 4. The van der Waals surface area contributed by atoms with Crippen molar-refractivity contribution in [3.8, 4) is 11.5 Å². The normalized spacial score (nSPS) is 26.7. The summed E-state index contributed by atoms with van der Waals surface area (Å²) in [6.07, 6.45) is 4.76. The number of rotatable bonds is 6. The predicted molar refractivity (Wildman–Crippen MR) is 90.6 cm³/mol. The summed E-state index contributed by atoms with van der Waals surface area (Å²) in [6, 6.07) is 6.85. The van der Waals surface area contributed by atoms with Gasteiger partial charge in [0.2, 0.25) is 6.79 Å². The fourth-order valence-electron chi connectivity index (χ4n) is 3.98. The highest BCUT2D eigenvalue weighted by molar-refractivity contribution is 5.44. The van der Waals surface area contributed by atoms with E-state index in [0.29, 0.717) is 18.8 Å². The van der Waals surface area contributed by atoms with Gasteiger partial charge in [0.05, 0.1) is 0 Å². The average Bonchev–Trinajstić information content (AvgIpc) is 3.02. The smallest absolute Gasteiger partial charge is 0.231 e. The number of fused-ring (bicyclic) bond motifs is 1. The third kappa shape index (κ3) is 3.81. The average molecular weight is 319 g/mol. The van der Waals surface area contributed by atoms with E-state index < -0.39 is 0 Å². The van der Waals surface area contributed by atoms with Gasteiger partial charge in [-0.15, -0.1) is 0 Å². The van der Waals surface area contributed by atoms with Crippen LogP contribution < -0.4 is 9.47 Å². The summed E-state index contributed by atoms with van der Waals surface area (Å²) >= 11 is 0. The van der Waals surface area contributed by atoms with Gasteiger partial charge in [-0.05, 0) is 42.4 Å². The lowest BCUT2D eigenvalue weighted by Gasteiger charge is -2.42. The zero-order valence-electron chi connectivity index (χ0n) is 14.3. The van der Waals surface area contributed by atoms with Crippen molar-refractivity contribution in [3.63, 3.8) is 0 Å². The van der Waals surface area contributed by atoms with Crippen LogP contribution >= 0.6 is 0 Å². The fraction of sp³-hybridized carbons (Fsp3) is 0.684. The van der Waals surface area contributed by atoms with Gasteiger partial charge in [0.15, 0.2) is 11.5 Å². The first-order chi connectivity index (χ1) is 11.2. The molecule has 0 bridgehead atoms. The molecular formula is C19H29NO3. The molecule has 0 amide bonds. The molecule has 128 valence electrons. The molecule has 1 aromatic carbocycles. The third-order valence-electron chi connectivity index (χ3n) is 5.56. The summed E-state index contributed by atoms with van der Waals surface area (Å²) in [4.78, 5) is 2.56. The zero-order valence-corrected chi connectivity index (χ0v) is 14.3. The van der Waals surface area contributed by atoms with Gasteiger partial charge in [-0.25, -0.2) is 0 Å². The molecule has 0 spiro atoms. The molecule has 1 aromatic rings. The third-order valence-corrected chi connectivity index (χ3v) is 5.56. The first kappa shape index (κ1) is 16.6. The van der Waals surface area contributed by atoms with E-state index in [0.717, 1.165) is 36.9 Å². The van der Waals surface area contributed by atoms with Gasteiger partial charge in [0, 0.05) is 25.7 Å². The number of ether oxygens (including phenoxy) is 2. The number of benzene rings is 1. The molecule has 0 radical (unpaired) electrons. The standard InChI is InChI=1S/C19H29NO3/c1-14-5-3-6-17(15(14)2)20(9-4-10-21)12-16-7-8-18-19(11-16)23-13-22-18/h7-8,11,14-15,17,21H,3-6,9-10,12-13H2,1-2H3. The Kier molecular flexibility index (Phi) is 5.44. The quantitative estimate of drug-likeness (QED) is 0.872. The van der Waals surface area contributed by atoms with Crippen molar-refractivity contribution < 1.29 is 14.6 Å². The van der Waals surface area contributed by atoms with E-state index in [1.165, 1.54) is 24.8 Å². The largest absolute Gasteiger partial charge is 0.454 e. The van der Waals surface area contributed by atoms with E-state index >= 15 is 0 Å². The van der Waals surface area contributed by atoms with E-state index in [2.05, 4.69) is 30.9 Å². The van der Waals surface area contributed by atoms with Gasteiger partial charge in [0.25, 0.3) is 0 Å². The minimum atomic E-state index is 0.258. The van der Waals surface area contributed by atoms with Crippen molar-refractivity contribution in [2.75, 3.05) is 19.9 Å². The molecule has 1 saturated carbocycles. The van der Waals surface area contributed by atoms with E-state index in [1.54, 1.807) is 0 Å². The molecule has 4 heteroatoms. The van der Waals surface area contributed by atoms with Crippen LogP contribution in [0.5, 0.6) is 11.5 Å². The number of hydrogen-bond donors (Lipinski definition) is 1. The monoisotopic (exact) mass is 319 g/mol. The second-order valence-electron chi connectivity index (χ2n) is 7.07. The van der Waals surface area contributed by atoms with Crippen molar-refractivity contribution in [2.45, 2.75) is 52.1 Å². The lowest BCUT2D eigenvalue weighted by molar-refractivity contribution is 0.0692. The summed E-state index contributed by atoms with van der Waals surface area (Å²) in [7, 11) is 0. The second kappa shape index (κ2) is 7.54. The summed E-state index contributed by atoms with van der Waals surface area (Å²) in [5.74, 6) is 3.18. The Morgan fingerprint density at radius 2 is 2.00 bits per heavy atom. The first-order valence-electron chi connectivity index (χ1n) is 8.92. The van der Waals surface area contributed by atoms with E-state index in [4.69, 9.17) is 9.47 Å². The minimum absolute atomic E-state index is 0.258. The maximum Gasteiger partial charge on any atom is 0.231 e. The SMILES string of the molecule is CC1CCCC(N(CCCO)Cc2ccc3c(c2)OCO3)C1C. The Balaban J connectivity index is 1.73. The van der Waals surface area contributed by atoms with Crippen molar-refractivity contribution in [1.82, 2.24) is 4.90 Å². The maximum absolute atomic E-state index is 9.26. The van der Waals surface area contributed by atoms with E-state index in [1.807, 2.05) is 6.07 Å². The highest BCUT2D eigenvalue weighted by Gasteiger charge is 2.31. The van der Waals surface area contributed by atoms with Crippen LogP contribution in [-0.2, 0) is 6.54 Å². The number of nitrogens with zero attached hydrogens (tertiary/aromatic N) is 1. The van der Waals surface area contributed by atoms with Crippen molar-refractivity contribution in [2.24, 2.45) is 11.8 Å². The van der Waals surface area contributed by atoms with Crippen LogP contribution in [-0.4, -0.2) is 36.0 Å². The molecule has 1 aliphatic heterocycles. The second-order valence-corrected chi connectivity index (χ2v) is 7.07. The van der Waals surface area contributed by atoms with Gasteiger partial charge in [-0.2, -0.15) is 0 Å². The molecule has 0 aromatic heterocycles. The van der Waals surface area contributed by atoms with Crippen LogP contribution in [0.4, 0.5) is 0 Å². The number of aliphatic hydroxyl groups excluding tert-OH is 1. The summed E-state index contributed by atoms with van der Waals surface area (Å²) in [5, 5.41) is 9.26. The van der Waals surface area contributed by atoms with E-state index in [9.17, 15) is 5.11 Å². The first-order valence-corrected chi connectivity index (χ1v) is 8.92. The van der Waals surface area contributed by atoms with Crippen molar-refractivity contribution in [1.29, 1.82) is 0 Å². The lowest BCUT2D eigenvalue weighted by atomic mass is 9.77. The van der Waals surface area contributed by atoms with Gasteiger partial charge >= 0.3 is 0 Å². The predicted octanol–water partition coefficient (Wildman–Crippen LogP) is 3.42. The Morgan fingerprint density at radius 3 is 2.83 bits per heavy atom. The summed E-state index contributed by atoms with van der Waals surface area (Å²) < 4.78 is 10.9. The van der Waals surface area contributed by atoms with Crippen LogP contribution in [0.2, 0.25) is 0 Å². The summed E-state index contributed by atoms with van der Waals surface area (Å²) in [6.45, 7) is 7.21. The zero-order chi connectivity index (χ0) is 16.2. The Bertz CT molecular complexity index is 519. The van der Waals surface area contributed by atoms with Crippen LogP contribution in [0.25, 0.3) is 0 Å². The van der Waals surface area contributed by atoms with Crippen molar-refractivity contribution >= 4 is 0 Å². The Morgan fingerprint density at radius 1 is 1.17 bits per heavy atom. The Hall–Kier alpha value is -1.26. The molecule has 2 aliphatic rings. The van der Waals surface area contributed by atoms with E-state index in [-0.39, 0.29) is 6.61 Å². The van der Waals surface area contributed by atoms with Gasteiger partial charge in [-0.3, -0.25) is 4.90 Å². The minimum Gasteiger partial charge on any atom is -0.454 e. The van der Waals surface area contributed by atoms with Crippen LogP contribution in [0, 0.1) is 11.8 Å². The highest BCUT2D eigenvalue weighted by atomic mass is 16.7. The lowest BCUT2D eigenvalue weighted by Crippen LogP contribution is -2.44. The molecule has 23 heavy (non-hydrogen) atoms. The van der Waals surface area contributed by atoms with Crippen LogP contribution in [0.1, 0.15) is 45.1 Å². The van der Waals surface area contributed by atoms with Gasteiger partial charge in [0.1, 0.15) is 0 Å². The van der Waals surface area contributed by atoms with Crippen LogP contribution in [0.3, 0.4) is 0 Å². The molecule has 1 fully saturated rings. The molecule has 3 rings (SSSR count). The fourth-order valence-corrected chi connectivity index (χ4v) is 3.98. The van der Waals surface area contributed by atoms with Gasteiger partial charge < -0.3 is 14.6 Å². The number of aliphatic hydroxyl groups is 1. The molecule has 1 aliphatic carbocycles. The molecule has 4 nitrogen and oxygen atoms in total. The molecule has 3 unspecified atom stereocenters.